The summed E-state index contributed by atoms with van der Waals surface area (Å²) >= 11 is 1.65. The van der Waals surface area contributed by atoms with Crippen LogP contribution in [0.5, 0.6) is 0 Å². The van der Waals surface area contributed by atoms with Crippen molar-refractivity contribution in [3.05, 3.63) is 87.4 Å². The molecule has 0 saturated carbocycles. The zero-order valence-electron chi connectivity index (χ0n) is 13.2. The van der Waals surface area contributed by atoms with E-state index < -0.39 is 10.8 Å². The lowest BCUT2D eigenvalue weighted by Gasteiger charge is -2.17. The van der Waals surface area contributed by atoms with Crippen molar-refractivity contribution in [1.29, 1.82) is 0 Å². The molecule has 1 atom stereocenters. The minimum atomic E-state index is -1.04. The van der Waals surface area contributed by atoms with E-state index in [4.69, 9.17) is 0 Å². The standard InChI is InChI=1S/C19H19NOS2/c1-14-18(22-15(2)20-14)13-23(21)19(16-9-5-3-6-10-16)17-11-7-4-8-12-17/h3-12,19H,13H2,1-2H3/t23-/m0/s1. The average Bonchev–Trinajstić information content (AvgIpc) is 2.87. The summed E-state index contributed by atoms with van der Waals surface area (Å²) in [6, 6.07) is 20.2. The van der Waals surface area contributed by atoms with E-state index in [2.05, 4.69) is 29.2 Å². The number of aromatic nitrogens is 1. The van der Waals surface area contributed by atoms with Crippen LogP contribution >= 0.6 is 11.3 Å². The third kappa shape index (κ3) is 3.77. The molecule has 0 radical (unpaired) electrons. The molecule has 0 saturated heterocycles. The molecule has 118 valence electrons. The SMILES string of the molecule is Cc1nc(C)c(C[S@](=O)C(c2ccccc2)c2ccccc2)s1. The second kappa shape index (κ2) is 7.20. The van der Waals surface area contributed by atoms with E-state index in [0.717, 1.165) is 26.7 Å². The lowest BCUT2D eigenvalue weighted by Crippen LogP contribution is -2.10. The predicted molar refractivity (Wildman–Crippen MR) is 98.2 cm³/mol. The maximum absolute atomic E-state index is 13.2. The van der Waals surface area contributed by atoms with E-state index in [9.17, 15) is 4.21 Å². The Balaban J connectivity index is 1.95. The van der Waals surface area contributed by atoms with Crippen molar-refractivity contribution < 1.29 is 4.21 Å². The molecular weight excluding hydrogens is 322 g/mol. The van der Waals surface area contributed by atoms with Crippen molar-refractivity contribution >= 4 is 22.1 Å². The Labute approximate surface area is 143 Å². The van der Waals surface area contributed by atoms with Crippen LogP contribution in [0.2, 0.25) is 0 Å². The molecule has 0 aliphatic heterocycles. The first-order valence-corrected chi connectivity index (χ1v) is 9.75. The first-order chi connectivity index (χ1) is 11.1. The van der Waals surface area contributed by atoms with Crippen LogP contribution in [0, 0.1) is 13.8 Å². The number of thiazole rings is 1. The number of benzene rings is 2. The first kappa shape index (κ1) is 16.1. The van der Waals surface area contributed by atoms with Crippen LogP contribution in [0.4, 0.5) is 0 Å². The first-order valence-electron chi connectivity index (χ1n) is 7.55. The van der Waals surface area contributed by atoms with Gasteiger partial charge in [0.15, 0.2) is 0 Å². The van der Waals surface area contributed by atoms with Gasteiger partial charge in [-0.25, -0.2) is 4.98 Å². The van der Waals surface area contributed by atoms with E-state index in [1.165, 1.54) is 0 Å². The largest absolute Gasteiger partial charge is 0.258 e. The zero-order valence-corrected chi connectivity index (χ0v) is 14.9. The van der Waals surface area contributed by atoms with E-state index in [-0.39, 0.29) is 5.25 Å². The van der Waals surface area contributed by atoms with Gasteiger partial charge in [-0.1, -0.05) is 60.7 Å². The van der Waals surface area contributed by atoms with E-state index in [1.807, 2.05) is 50.2 Å². The number of hydrogen-bond acceptors (Lipinski definition) is 3. The topological polar surface area (TPSA) is 30.0 Å². The highest BCUT2D eigenvalue weighted by Crippen LogP contribution is 2.31. The summed E-state index contributed by atoms with van der Waals surface area (Å²) in [6.45, 7) is 3.99. The molecule has 2 aromatic carbocycles. The summed E-state index contributed by atoms with van der Waals surface area (Å²) in [5.41, 5.74) is 3.19. The summed E-state index contributed by atoms with van der Waals surface area (Å²) in [5.74, 6) is 0.547. The van der Waals surface area contributed by atoms with Gasteiger partial charge in [0.25, 0.3) is 0 Å². The van der Waals surface area contributed by atoms with Gasteiger partial charge < -0.3 is 0 Å². The van der Waals surface area contributed by atoms with Crippen molar-refractivity contribution in [2.24, 2.45) is 0 Å². The molecule has 0 amide bonds. The van der Waals surface area contributed by atoms with Gasteiger partial charge in [0.1, 0.15) is 0 Å². The molecule has 0 bridgehead atoms. The van der Waals surface area contributed by atoms with Crippen molar-refractivity contribution in [2.75, 3.05) is 0 Å². The maximum Gasteiger partial charge on any atom is 0.0900 e. The summed E-state index contributed by atoms with van der Waals surface area (Å²) in [5, 5.41) is 0.921. The summed E-state index contributed by atoms with van der Waals surface area (Å²) in [4.78, 5) is 5.58. The van der Waals surface area contributed by atoms with Crippen molar-refractivity contribution in [1.82, 2.24) is 4.98 Å². The lowest BCUT2D eigenvalue weighted by molar-refractivity contribution is 0.677. The van der Waals surface area contributed by atoms with Crippen LogP contribution in [-0.4, -0.2) is 9.19 Å². The van der Waals surface area contributed by atoms with E-state index in [0.29, 0.717) is 5.75 Å². The second-order valence-corrected chi connectivity index (χ2v) is 8.28. The number of aryl methyl sites for hydroxylation is 2. The zero-order chi connectivity index (χ0) is 16.2. The summed E-state index contributed by atoms with van der Waals surface area (Å²) in [7, 11) is -1.04. The number of hydrogen-bond donors (Lipinski definition) is 0. The van der Waals surface area contributed by atoms with Gasteiger partial charge >= 0.3 is 0 Å². The third-order valence-electron chi connectivity index (χ3n) is 3.74. The van der Waals surface area contributed by atoms with Crippen LogP contribution in [-0.2, 0) is 16.6 Å². The van der Waals surface area contributed by atoms with Gasteiger partial charge in [0.2, 0.25) is 0 Å². The highest BCUT2D eigenvalue weighted by molar-refractivity contribution is 7.84. The molecule has 3 rings (SSSR count). The Morgan fingerprint density at radius 2 is 1.48 bits per heavy atom. The average molecular weight is 342 g/mol. The highest BCUT2D eigenvalue weighted by Gasteiger charge is 2.22. The molecule has 0 fully saturated rings. The Kier molecular flexibility index (Phi) is 5.03. The molecule has 4 heteroatoms. The molecule has 23 heavy (non-hydrogen) atoms. The summed E-state index contributed by atoms with van der Waals surface area (Å²) < 4.78 is 13.2. The molecule has 2 nitrogen and oxygen atoms in total. The second-order valence-electron chi connectivity index (χ2n) is 5.47. The molecule has 1 aromatic heterocycles. The van der Waals surface area contributed by atoms with Crippen molar-refractivity contribution in [3.63, 3.8) is 0 Å². The van der Waals surface area contributed by atoms with Gasteiger partial charge in [-0.05, 0) is 25.0 Å². The van der Waals surface area contributed by atoms with Crippen LogP contribution in [0.25, 0.3) is 0 Å². The number of rotatable bonds is 5. The van der Waals surface area contributed by atoms with Gasteiger partial charge in [-0.3, -0.25) is 4.21 Å². The van der Waals surface area contributed by atoms with E-state index in [1.54, 1.807) is 11.3 Å². The summed E-state index contributed by atoms with van der Waals surface area (Å²) in [6.07, 6.45) is 0. The Morgan fingerprint density at radius 3 is 1.91 bits per heavy atom. The molecule has 0 aliphatic carbocycles. The molecule has 0 aliphatic rings. The Morgan fingerprint density at radius 1 is 0.957 bits per heavy atom. The third-order valence-corrected chi connectivity index (χ3v) is 6.64. The monoisotopic (exact) mass is 341 g/mol. The Hall–Kier alpha value is -1.78. The quantitative estimate of drug-likeness (QED) is 0.667. The van der Waals surface area contributed by atoms with Crippen molar-refractivity contribution in [3.8, 4) is 0 Å². The number of nitrogens with zero attached hydrogens (tertiary/aromatic N) is 1. The van der Waals surface area contributed by atoms with Gasteiger partial charge in [0.05, 0.1) is 21.7 Å². The van der Waals surface area contributed by atoms with Crippen LogP contribution in [0.15, 0.2) is 60.7 Å². The van der Waals surface area contributed by atoms with Crippen LogP contribution < -0.4 is 0 Å². The predicted octanol–water partition coefficient (Wildman–Crippen LogP) is 4.80. The molecular formula is C19H19NOS2. The fourth-order valence-corrected chi connectivity index (χ4v) is 5.54. The van der Waals surface area contributed by atoms with Crippen LogP contribution in [0.3, 0.4) is 0 Å². The molecule has 0 N–H and O–H groups in total. The van der Waals surface area contributed by atoms with Gasteiger partial charge in [0, 0.05) is 15.7 Å². The van der Waals surface area contributed by atoms with E-state index >= 15 is 0 Å². The minimum Gasteiger partial charge on any atom is -0.258 e. The molecule has 0 unspecified atom stereocenters. The molecule has 1 heterocycles. The highest BCUT2D eigenvalue weighted by atomic mass is 32.2. The fourth-order valence-electron chi connectivity index (χ4n) is 2.67. The molecule has 3 aromatic rings. The van der Waals surface area contributed by atoms with Gasteiger partial charge in [-0.2, -0.15) is 0 Å². The maximum atomic E-state index is 13.2. The molecule has 0 spiro atoms. The lowest BCUT2D eigenvalue weighted by atomic mass is 10.0. The normalized spacial score (nSPS) is 12.5. The Bertz CT molecular complexity index is 757. The van der Waals surface area contributed by atoms with Crippen LogP contribution in [0.1, 0.15) is 32.0 Å². The smallest absolute Gasteiger partial charge is 0.0900 e. The minimum absolute atomic E-state index is 0.112. The fraction of sp³-hybridized carbons (Fsp3) is 0.211. The van der Waals surface area contributed by atoms with Gasteiger partial charge in [-0.15, -0.1) is 11.3 Å². The van der Waals surface area contributed by atoms with Crippen molar-refractivity contribution in [2.45, 2.75) is 24.9 Å².